The first-order valence-electron chi connectivity index (χ1n) is 4.60. The molecule has 13 heavy (non-hydrogen) atoms. The maximum Gasteiger partial charge on any atom is 0.213 e. The fourth-order valence-corrected chi connectivity index (χ4v) is 1.02. The molecule has 1 aromatic heterocycles. The van der Waals surface area contributed by atoms with Gasteiger partial charge in [-0.25, -0.2) is 4.98 Å². The normalized spacial score (nSPS) is 9.69. The van der Waals surface area contributed by atoms with Crippen molar-refractivity contribution in [3.05, 3.63) is 18.3 Å². The molecule has 0 atom stereocenters. The van der Waals surface area contributed by atoms with Crippen LogP contribution in [0.2, 0.25) is 0 Å². The zero-order valence-electron chi connectivity index (χ0n) is 8.21. The summed E-state index contributed by atoms with van der Waals surface area (Å²) < 4.78 is 4.96. The van der Waals surface area contributed by atoms with Crippen LogP contribution in [0.1, 0.15) is 19.8 Å². The molecule has 0 saturated carbocycles. The predicted molar refractivity (Wildman–Crippen MR) is 54.2 cm³/mol. The van der Waals surface area contributed by atoms with Crippen molar-refractivity contribution in [1.29, 1.82) is 0 Å². The summed E-state index contributed by atoms with van der Waals surface area (Å²) in [5.74, 6) is 0.654. The van der Waals surface area contributed by atoms with Crippen molar-refractivity contribution in [3.8, 4) is 5.88 Å². The van der Waals surface area contributed by atoms with Crippen LogP contribution in [0.25, 0.3) is 0 Å². The van der Waals surface area contributed by atoms with Crippen molar-refractivity contribution in [3.63, 3.8) is 0 Å². The van der Waals surface area contributed by atoms with E-state index in [9.17, 15) is 0 Å². The number of nitrogens with zero attached hydrogens (tertiary/aromatic N) is 1. The van der Waals surface area contributed by atoms with Gasteiger partial charge in [0.05, 0.1) is 19.0 Å². The third-order valence-electron chi connectivity index (χ3n) is 1.80. The minimum absolute atomic E-state index is 0.654. The van der Waals surface area contributed by atoms with Gasteiger partial charge in [0.1, 0.15) is 0 Å². The third-order valence-corrected chi connectivity index (χ3v) is 1.80. The number of anilines is 1. The predicted octanol–water partition coefficient (Wildman–Crippen LogP) is 2.30. The summed E-state index contributed by atoms with van der Waals surface area (Å²) in [6.45, 7) is 3.18. The molecule has 72 valence electrons. The first-order chi connectivity index (χ1) is 6.36. The quantitative estimate of drug-likeness (QED) is 0.706. The van der Waals surface area contributed by atoms with E-state index >= 15 is 0 Å². The number of ether oxygens (including phenoxy) is 1. The molecule has 1 aromatic rings. The van der Waals surface area contributed by atoms with Crippen LogP contribution in [0.15, 0.2) is 18.3 Å². The van der Waals surface area contributed by atoms with Gasteiger partial charge in [-0.15, -0.1) is 0 Å². The Morgan fingerprint density at radius 1 is 1.46 bits per heavy atom. The Hall–Kier alpha value is -1.25. The molecule has 0 aromatic carbocycles. The molecule has 0 aliphatic carbocycles. The van der Waals surface area contributed by atoms with Gasteiger partial charge in [-0.1, -0.05) is 13.3 Å². The molecule has 0 spiro atoms. The lowest BCUT2D eigenvalue weighted by atomic mass is 10.3. The smallest absolute Gasteiger partial charge is 0.213 e. The van der Waals surface area contributed by atoms with Gasteiger partial charge < -0.3 is 10.1 Å². The molecule has 0 fully saturated rings. The highest BCUT2D eigenvalue weighted by Crippen LogP contribution is 2.10. The van der Waals surface area contributed by atoms with Crippen LogP contribution < -0.4 is 10.1 Å². The number of rotatable bonds is 5. The average Bonchev–Trinajstić information content (AvgIpc) is 2.19. The van der Waals surface area contributed by atoms with E-state index in [1.54, 1.807) is 13.3 Å². The summed E-state index contributed by atoms with van der Waals surface area (Å²) in [7, 11) is 1.62. The summed E-state index contributed by atoms with van der Waals surface area (Å²) in [6, 6.07) is 3.83. The number of aromatic nitrogens is 1. The van der Waals surface area contributed by atoms with Crippen LogP contribution in [-0.4, -0.2) is 18.6 Å². The SMILES string of the molecule is CCCCNc1ccc(OC)nc1. The van der Waals surface area contributed by atoms with Crippen molar-refractivity contribution in [2.45, 2.75) is 19.8 Å². The van der Waals surface area contributed by atoms with E-state index in [0.717, 1.165) is 12.2 Å². The highest BCUT2D eigenvalue weighted by atomic mass is 16.5. The monoisotopic (exact) mass is 180 g/mol. The first-order valence-corrected chi connectivity index (χ1v) is 4.60. The van der Waals surface area contributed by atoms with Gasteiger partial charge in [-0.2, -0.15) is 0 Å². The minimum atomic E-state index is 0.654. The van der Waals surface area contributed by atoms with Gasteiger partial charge >= 0.3 is 0 Å². The van der Waals surface area contributed by atoms with E-state index in [2.05, 4.69) is 17.2 Å². The molecular formula is C10H16N2O. The molecule has 0 saturated heterocycles. The molecule has 0 radical (unpaired) electrons. The Kier molecular flexibility index (Phi) is 4.09. The van der Waals surface area contributed by atoms with Crippen LogP contribution in [0.3, 0.4) is 0 Å². The van der Waals surface area contributed by atoms with E-state index in [-0.39, 0.29) is 0 Å². The van der Waals surface area contributed by atoms with Crippen LogP contribution in [-0.2, 0) is 0 Å². The lowest BCUT2D eigenvalue weighted by molar-refractivity contribution is 0.398. The van der Waals surface area contributed by atoms with Crippen molar-refractivity contribution in [1.82, 2.24) is 4.98 Å². The maximum absolute atomic E-state index is 4.96. The molecule has 0 aliphatic heterocycles. The van der Waals surface area contributed by atoms with Crippen LogP contribution in [0.5, 0.6) is 5.88 Å². The van der Waals surface area contributed by atoms with Crippen LogP contribution in [0.4, 0.5) is 5.69 Å². The van der Waals surface area contributed by atoms with Crippen molar-refractivity contribution in [2.75, 3.05) is 19.0 Å². The fourth-order valence-electron chi connectivity index (χ4n) is 1.02. The molecule has 3 nitrogen and oxygen atoms in total. The maximum atomic E-state index is 4.96. The molecule has 1 rings (SSSR count). The summed E-state index contributed by atoms with van der Waals surface area (Å²) in [6.07, 6.45) is 4.18. The van der Waals surface area contributed by atoms with Gasteiger partial charge in [0, 0.05) is 12.6 Å². The van der Waals surface area contributed by atoms with E-state index < -0.39 is 0 Å². The molecule has 3 heteroatoms. The fraction of sp³-hybridized carbons (Fsp3) is 0.500. The van der Waals surface area contributed by atoms with E-state index in [1.807, 2.05) is 12.1 Å². The summed E-state index contributed by atoms with van der Waals surface area (Å²) in [5.41, 5.74) is 1.05. The topological polar surface area (TPSA) is 34.1 Å². The van der Waals surface area contributed by atoms with E-state index in [4.69, 9.17) is 4.74 Å². The van der Waals surface area contributed by atoms with Crippen LogP contribution in [0, 0.1) is 0 Å². The molecule has 1 heterocycles. The van der Waals surface area contributed by atoms with Gasteiger partial charge in [-0.3, -0.25) is 0 Å². The lowest BCUT2D eigenvalue weighted by Gasteiger charge is -2.05. The Morgan fingerprint density at radius 2 is 2.31 bits per heavy atom. The standard InChI is InChI=1S/C10H16N2O/c1-3-4-7-11-9-5-6-10(13-2)12-8-9/h5-6,8,11H,3-4,7H2,1-2H3. The minimum Gasteiger partial charge on any atom is -0.481 e. The van der Waals surface area contributed by atoms with Gasteiger partial charge in [-0.05, 0) is 12.5 Å². The van der Waals surface area contributed by atoms with Crippen LogP contribution >= 0.6 is 0 Å². The highest BCUT2D eigenvalue weighted by molar-refractivity contribution is 5.41. The zero-order valence-corrected chi connectivity index (χ0v) is 8.21. The lowest BCUT2D eigenvalue weighted by Crippen LogP contribution is -2.01. The van der Waals surface area contributed by atoms with Gasteiger partial charge in [0.25, 0.3) is 0 Å². The third kappa shape index (κ3) is 3.32. The summed E-state index contributed by atoms with van der Waals surface area (Å²) >= 11 is 0. The molecule has 0 aliphatic rings. The van der Waals surface area contributed by atoms with Crippen molar-refractivity contribution >= 4 is 5.69 Å². The Balaban J connectivity index is 2.40. The first kappa shape index (κ1) is 9.84. The van der Waals surface area contributed by atoms with Gasteiger partial charge in [0.15, 0.2) is 0 Å². The number of hydrogen-bond donors (Lipinski definition) is 1. The molecule has 0 unspecified atom stereocenters. The van der Waals surface area contributed by atoms with E-state index in [1.165, 1.54) is 12.8 Å². The summed E-state index contributed by atoms with van der Waals surface area (Å²) in [5, 5.41) is 3.28. The second kappa shape index (κ2) is 5.41. The number of methoxy groups -OCH3 is 1. The second-order valence-electron chi connectivity index (χ2n) is 2.87. The highest BCUT2D eigenvalue weighted by Gasteiger charge is 1.93. The Labute approximate surface area is 79.1 Å². The largest absolute Gasteiger partial charge is 0.481 e. The Bertz CT molecular complexity index is 233. The van der Waals surface area contributed by atoms with E-state index in [0.29, 0.717) is 5.88 Å². The van der Waals surface area contributed by atoms with Crippen molar-refractivity contribution in [2.24, 2.45) is 0 Å². The average molecular weight is 180 g/mol. The Morgan fingerprint density at radius 3 is 2.85 bits per heavy atom. The van der Waals surface area contributed by atoms with Gasteiger partial charge in [0.2, 0.25) is 5.88 Å². The molecule has 0 amide bonds. The molecule has 0 bridgehead atoms. The number of hydrogen-bond acceptors (Lipinski definition) is 3. The second-order valence-corrected chi connectivity index (χ2v) is 2.87. The zero-order chi connectivity index (χ0) is 9.52. The molecular weight excluding hydrogens is 164 g/mol. The number of unbranched alkanes of at least 4 members (excludes halogenated alkanes) is 1. The number of pyridine rings is 1. The molecule has 1 N–H and O–H groups in total. The van der Waals surface area contributed by atoms with Crippen molar-refractivity contribution < 1.29 is 4.74 Å². The number of nitrogens with one attached hydrogen (secondary N) is 1. The summed E-state index contributed by atoms with van der Waals surface area (Å²) in [4.78, 5) is 4.09.